The van der Waals surface area contributed by atoms with Gasteiger partial charge >= 0.3 is 0 Å². The van der Waals surface area contributed by atoms with Crippen molar-refractivity contribution in [3.8, 4) is 22.0 Å². The lowest BCUT2D eigenvalue weighted by Gasteiger charge is -2.28. The molecule has 1 amide bonds. The maximum atomic E-state index is 13.1. The van der Waals surface area contributed by atoms with Crippen LogP contribution in [0.2, 0.25) is 0 Å². The predicted octanol–water partition coefficient (Wildman–Crippen LogP) is 2.65. The minimum absolute atomic E-state index is 0.0876. The number of nitrogens with one attached hydrogen (secondary N) is 1. The van der Waals surface area contributed by atoms with E-state index in [9.17, 15) is 13.2 Å². The number of hydrogen-bond acceptors (Lipinski definition) is 7. The van der Waals surface area contributed by atoms with E-state index in [1.165, 1.54) is 11.3 Å². The third-order valence-electron chi connectivity index (χ3n) is 5.02. The molecule has 0 saturated heterocycles. The van der Waals surface area contributed by atoms with Crippen LogP contribution in [0.1, 0.15) is 0 Å². The molecule has 0 fully saturated rings. The molecule has 5 rings (SSSR count). The van der Waals surface area contributed by atoms with Crippen molar-refractivity contribution < 1.29 is 13.2 Å². The highest BCUT2D eigenvalue weighted by atomic mass is 32.2. The molecule has 32 heavy (non-hydrogen) atoms. The molecule has 1 aromatic carbocycles. The molecular formula is C21H18N6O3S2. The molecule has 1 N–H and O–H groups in total. The SMILES string of the molecule is Cn1ccnc1-c1sc(NC(=O)C2=CC=CN3CCS(=O)(=O)N=C23)nc1-c1ccccc1. The average molecular weight is 467 g/mol. The Balaban J connectivity index is 1.51. The first-order chi connectivity index (χ1) is 15.4. The number of fused-ring (bicyclic) bond motifs is 1. The average Bonchev–Trinajstić information content (AvgIpc) is 3.39. The van der Waals surface area contributed by atoms with E-state index in [-0.39, 0.29) is 23.7 Å². The number of amides is 1. The fraction of sp³-hybridized carbons (Fsp3) is 0.143. The van der Waals surface area contributed by atoms with Gasteiger partial charge in [-0.15, -0.1) is 4.40 Å². The van der Waals surface area contributed by atoms with Gasteiger partial charge in [-0.25, -0.2) is 18.4 Å². The molecule has 0 radical (unpaired) electrons. The minimum atomic E-state index is -3.60. The van der Waals surface area contributed by atoms with Gasteiger partial charge in [0.2, 0.25) is 0 Å². The topological polar surface area (TPSA) is 110 Å². The summed E-state index contributed by atoms with van der Waals surface area (Å²) in [5, 5.41) is 3.19. The van der Waals surface area contributed by atoms with E-state index in [2.05, 4.69) is 19.7 Å². The summed E-state index contributed by atoms with van der Waals surface area (Å²) in [6, 6.07) is 9.66. The molecular weight excluding hydrogens is 448 g/mol. The smallest absolute Gasteiger partial charge is 0.261 e. The van der Waals surface area contributed by atoms with Gasteiger partial charge in [0.05, 0.1) is 21.9 Å². The molecule has 2 aromatic heterocycles. The minimum Gasteiger partial charge on any atom is -0.333 e. The monoisotopic (exact) mass is 466 g/mol. The van der Waals surface area contributed by atoms with Gasteiger partial charge in [-0.3, -0.25) is 10.1 Å². The van der Waals surface area contributed by atoms with Crippen LogP contribution in [0.25, 0.3) is 22.0 Å². The Bertz CT molecular complexity index is 1400. The van der Waals surface area contributed by atoms with Crippen LogP contribution in [0.3, 0.4) is 0 Å². The summed E-state index contributed by atoms with van der Waals surface area (Å²) in [5.41, 5.74) is 1.78. The van der Waals surface area contributed by atoms with Crippen molar-refractivity contribution in [1.82, 2.24) is 19.4 Å². The molecule has 0 bridgehead atoms. The van der Waals surface area contributed by atoms with Crippen LogP contribution in [0.4, 0.5) is 5.13 Å². The number of imidazole rings is 1. The second-order valence-electron chi connectivity index (χ2n) is 7.19. The van der Waals surface area contributed by atoms with Crippen molar-refractivity contribution in [2.45, 2.75) is 0 Å². The zero-order valence-corrected chi connectivity index (χ0v) is 18.6. The highest BCUT2D eigenvalue weighted by Gasteiger charge is 2.30. The number of nitrogens with zero attached hydrogens (tertiary/aromatic N) is 5. The third-order valence-corrected chi connectivity index (χ3v) is 7.14. The first-order valence-corrected chi connectivity index (χ1v) is 12.2. The van der Waals surface area contributed by atoms with Crippen LogP contribution in [0.15, 0.2) is 71.0 Å². The summed E-state index contributed by atoms with van der Waals surface area (Å²) in [6.45, 7) is 0.251. The van der Waals surface area contributed by atoms with E-state index in [0.29, 0.717) is 10.8 Å². The molecule has 2 aliphatic heterocycles. The normalized spacial score (nSPS) is 16.8. The number of amidine groups is 1. The quantitative estimate of drug-likeness (QED) is 0.633. The molecule has 2 aliphatic rings. The molecule has 162 valence electrons. The molecule has 9 nitrogen and oxygen atoms in total. The van der Waals surface area contributed by atoms with Gasteiger partial charge in [0, 0.05) is 37.7 Å². The molecule has 0 saturated carbocycles. The lowest BCUT2D eigenvalue weighted by molar-refractivity contribution is -0.112. The highest BCUT2D eigenvalue weighted by Crippen LogP contribution is 2.38. The number of carbonyl (C=O) groups excluding carboxylic acids is 1. The van der Waals surface area contributed by atoms with Gasteiger partial charge < -0.3 is 9.47 Å². The summed E-state index contributed by atoms with van der Waals surface area (Å²) in [6.07, 6.45) is 8.51. The second-order valence-corrected chi connectivity index (χ2v) is 9.95. The van der Waals surface area contributed by atoms with Crippen LogP contribution in [0, 0.1) is 0 Å². The molecule has 0 aliphatic carbocycles. The largest absolute Gasteiger partial charge is 0.333 e. The Morgan fingerprint density at radius 1 is 1.22 bits per heavy atom. The Morgan fingerprint density at radius 3 is 2.78 bits per heavy atom. The highest BCUT2D eigenvalue weighted by molar-refractivity contribution is 7.90. The number of thiazole rings is 1. The number of benzene rings is 1. The van der Waals surface area contributed by atoms with Gasteiger partial charge in [-0.1, -0.05) is 41.7 Å². The van der Waals surface area contributed by atoms with Crippen molar-refractivity contribution in [1.29, 1.82) is 0 Å². The lowest BCUT2D eigenvalue weighted by atomic mass is 10.1. The number of rotatable bonds is 4. The number of aryl methyl sites for hydroxylation is 1. The summed E-state index contributed by atoms with van der Waals surface area (Å²) in [5.74, 6) is 0.293. The summed E-state index contributed by atoms with van der Waals surface area (Å²) in [4.78, 5) is 24.6. The maximum absolute atomic E-state index is 13.1. The van der Waals surface area contributed by atoms with Crippen LogP contribution < -0.4 is 5.32 Å². The van der Waals surface area contributed by atoms with Crippen LogP contribution >= 0.6 is 11.3 Å². The van der Waals surface area contributed by atoms with Gasteiger partial charge in [0.1, 0.15) is 0 Å². The van der Waals surface area contributed by atoms with Crippen molar-refractivity contribution in [2.75, 3.05) is 17.6 Å². The van der Waals surface area contributed by atoms with Crippen LogP contribution in [0.5, 0.6) is 0 Å². The molecule has 0 spiro atoms. The Hall–Kier alpha value is -3.57. The lowest BCUT2D eigenvalue weighted by Crippen LogP contribution is -2.40. The second kappa shape index (κ2) is 7.84. The van der Waals surface area contributed by atoms with Crippen molar-refractivity contribution in [2.24, 2.45) is 11.4 Å². The first-order valence-electron chi connectivity index (χ1n) is 9.75. The van der Waals surface area contributed by atoms with Gasteiger partial charge in [0.25, 0.3) is 15.9 Å². The van der Waals surface area contributed by atoms with E-state index >= 15 is 0 Å². The fourth-order valence-electron chi connectivity index (χ4n) is 3.46. The first kappa shape index (κ1) is 20.3. The summed E-state index contributed by atoms with van der Waals surface area (Å²) >= 11 is 1.30. The van der Waals surface area contributed by atoms with E-state index in [1.54, 1.807) is 29.4 Å². The maximum Gasteiger partial charge on any atom is 0.261 e. The number of anilines is 1. The molecule has 11 heteroatoms. The zero-order chi connectivity index (χ0) is 22.3. The Labute approximate surface area is 188 Å². The zero-order valence-electron chi connectivity index (χ0n) is 17.0. The van der Waals surface area contributed by atoms with Gasteiger partial charge in [-0.05, 0) is 12.2 Å². The molecule has 4 heterocycles. The standard InChI is InChI=1S/C21H18N6O3S2/c1-26-11-9-22-19(26)17-16(14-6-3-2-4-7-14)23-21(31-17)24-20(28)15-8-5-10-27-12-13-32(29,30)25-18(15)27/h2-11H,12-13H2,1H3,(H,23,24,28). The van der Waals surface area contributed by atoms with Crippen LogP contribution in [-0.2, 0) is 21.9 Å². The third kappa shape index (κ3) is 3.76. The van der Waals surface area contributed by atoms with E-state index in [0.717, 1.165) is 16.3 Å². The summed E-state index contributed by atoms with van der Waals surface area (Å²) in [7, 11) is -1.70. The number of allylic oxidation sites excluding steroid dienone is 2. The van der Waals surface area contributed by atoms with Crippen molar-refractivity contribution in [3.63, 3.8) is 0 Å². The summed E-state index contributed by atoms with van der Waals surface area (Å²) < 4.78 is 29.7. The predicted molar refractivity (Wildman–Crippen MR) is 124 cm³/mol. The van der Waals surface area contributed by atoms with Crippen LogP contribution in [-0.4, -0.2) is 51.9 Å². The van der Waals surface area contributed by atoms with E-state index in [1.807, 2.05) is 48.1 Å². The molecule has 0 unspecified atom stereocenters. The fourth-order valence-corrected chi connectivity index (χ4v) is 5.47. The number of sulfonamides is 1. The number of aromatic nitrogens is 3. The van der Waals surface area contributed by atoms with Gasteiger partial charge in [0.15, 0.2) is 16.8 Å². The molecule has 0 atom stereocenters. The van der Waals surface area contributed by atoms with E-state index < -0.39 is 15.9 Å². The van der Waals surface area contributed by atoms with Crippen molar-refractivity contribution >= 4 is 38.2 Å². The number of hydrogen-bond donors (Lipinski definition) is 1. The Kier molecular flexibility index (Phi) is 4.98. The van der Waals surface area contributed by atoms with Crippen molar-refractivity contribution in [3.05, 3.63) is 66.7 Å². The Morgan fingerprint density at radius 2 is 2.03 bits per heavy atom. The van der Waals surface area contributed by atoms with Gasteiger partial charge in [-0.2, -0.15) is 0 Å². The molecule has 3 aromatic rings. The number of carbonyl (C=O) groups is 1. The van der Waals surface area contributed by atoms with E-state index in [4.69, 9.17) is 0 Å².